The van der Waals surface area contributed by atoms with E-state index >= 15 is 0 Å². The second-order valence-electron chi connectivity index (χ2n) is 9.81. The van der Waals surface area contributed by atoms with E-state index in [4.69, 9.17) is 5.11 Å². The molecule has 0 radical (unpaired) electrons. The number of amides is 2. The van der Waals surface area contributed by atoms with Crippen molar-refractivity contribution >= 4 is 63.5 Å². The summed E-state index contributed by atoms with van der Waals surface area (Å²) in [5.74, 6) is -1.34. The maximum Gasteiger partial charge on any atom is 0.335 e. The van der Waals surface area contributed by atoms with Gasteiger partial charge in [-0.3, -0.25) is 14.6 Å². The van der Waals surface area contributed by atoms with Gasteiger partial charge in [-0.15, -0.1) is 22.7 Å². The molecular weight excluding hydrogens is 609 g/mol. The van der Waals surface area contributed by atoms with E-state index in [9.17, 15) is 14.4 Å². The lowest BCUT2D eigenvalue weighted by atomic mass is 10.1. The van der Waals surface area contributed by atoms with E-state index in [0.29, 0.717) is 33.6 Å². The first kappa shape index (κ1) is 29.4. The molecule has 0 atom stereocenters. The molecule has 2 aromatic carbocycles. The smallest absolute Gasteiger partial charge is 0.335 e. The predicted molar refractivity (Wildman–Crippen MR) is 177 cm³/mol. The maximum atomic E-state index is 13.1. The van der Waals surface area contributed by atoms with Gasteiger partial charge in [-0.05, 0) is 72.5 Å². The molecule has 4 N–H and O–H groups in total. The lowest BCUT2D eigenvalue weighted by Gasteiger charge is -2.12. The molecule has 0 bridgehead atoms. The first-order chi connectivity index (χ1) is 21.8. The van der Waals surface area contributed by atoms with E-state index in [-0.39, 0.29) is 17.0 Å². The van der Waals surface area contributed by atoms with Gasteiger partial charge in [0, 0.05) is 39.1 Å². The highest BCUT2D eigenvalue weighted by Crippen LogP contribution is 2.32. The lowest BCUT2D eigenvalue weighted by Crippen LogP contribution is -2.15. The Morgan fingerprint density at radius 2 is 1.62 bits per heavy atom. The van der Waals surface area contributed by atoms with Gasteiger partial charge in [-0.1, -0.05) is 24.3 Å². The van der Waals surface area contributed by atoms with Crippen LogP contribution in [0.2, 0.25) is 0 Å². The Labute approximate surface area is 265 Å². The van der Waals surface area contributed by atoms with Gasteiger partial charge in [-0.2, -0.15) is 0 Å². The van der Waals surface area contributed by atoms with Crippen molar-refractivity contribution in [3.05, 3.63) is 124 Å². The normalized spacial score (nSPS) is 10.7. The summed E-state index contributed by atoms with van der Waals surface area (Å²) in [7, 11) is 0. The molecule has 6 aromatic rings. The highest BCUT2D eigenvalue weighted by Gasteiger charge is 2.14. The number of aromatic carboxylic acids is 1. The summed E-state index contributed by atoms with van der Waals surface area (Å²) in [6.45, 7) is 1.91. The minimum Gasteiger partial charge on any atom is -0.478 e. The first-order valence-corrected chi connectivity index (χ1v) is 15.3. The van der Waals surface area contributed by atoms with Crippen LogP contribution in [0.25, 0.3) is 21.0 Å². The molecule has 0 fully saturated rings. The van der Waals surface area contributed by atoms with Gasteiger partial charge in [0.25, 0.3) is 11.8 Å². The third-order valence-electron chi connectivity index (χ3n) is 6.68. The number of hydrogen-bond donors (Lipinski definition) is 4. The number of anilines is 4. The Morgan fingerprint density at radius 1 is 0.800 bits per heavy atom. The zero-order chi connectivity index (χ0) is 31.3. The highest BCUT2D eigenvalue weighted by atomic mass is 32.1. The van der Waals surface area contributed by atoms with Gasteiger partial charge < -0.3 is 21.1 Å². The standard InChI is InChI=1S/C33H24N6O4S2/c1-19-4-9-23(16-26(19)39-33-35-13-12-25(38-33)20-5-7-21(8-6-20)32(42)43)36-30(40)22-15-24(18-34-17-22)37-31(41)29-11-10-28(45-29)27-3-2-14-44-27/h2-18H,1H3,(H,36,40)(H,37,41)(H,42,43)(H,35,38,39). The third-order valence-corrected chi connectivity index (χ3v) is 8.83. The number of nitrogens with one attached hydrogen (secondary N) is 3. The Kier molecular flexibility index (Phi) is 8.40. The Hall–Kier alpha value is -5.72. The minimum absolute atomic E-state index is 0.190. The number of aryl methyl sites for hydroxylation is 1. The summed E-state index contributed by atoms with van der Waals surface area (Å²) in [5, 5.41) is 20.0. The molecule has 0 aliphatic carbocycles. The van der Waals surface area contributed by atoms with Gasteiger partial charge in [0.05, 0.1) is 33.6 Å². The topological polar surface area (TPSA) is 146 Å². The van der Waals surface area contributed by atoms with Gasteiger partial charge in [0.1, 0.15) is 0 Å². The van der Waals surface area contributed by atoms with E-state index in [0.717, 1.165) is 20.9 Å². The average Bonchev–Trinajstić information content (AvgIpc) is 3.76. The van der Waals surface area contributed by atoms with E-state index in [1.165, 1.54) is 35.9 Å². The van der Waals surface area contributed by atoms with Crippen LogP contribution >= 0.6 is 22.7 Å². The molecule has 2 amide bonds. The van der Waals surface area contributed by atoms with Crippen LogP contribution in [-0.2, 0) is 0 Å². The Balaban J connectivity index is 1.13. The molecule has 45 heavy (non-hydrogen) atoms. The summed E-state index contributed by atoms with van der Waals surface area (Å²) < 4.78 is 0. The number of carboxylic acid groups (broad SMARTS) is 1. The number of nitrogens with zero attached hydrogens (tertiary/aromatic N) is 3. The van der Waals surface area contributed by atoms with Gasteiger partial charge >= 0.3 is 5.97 Å². The van der Waals surface area contributed by atoms with Crippen LogP contribution in [0.1, 0.15) is 36.0 Å². The van der Waals surface area contributed by atoms with E-state index in [1.807, 2.05) is 36.6 Å². The van der Waals surface area contributed by atoms with Crippen molar-refractivity contribution in [2.24, 2.45) is 0 Å². The van der Waals surface area contributed by atoms with E-state index in [1.54, 1.807) is 60.0 Å². The molecule has 0 saturated carbocycles. The molecule has 0 saturated heterocycles. The molecule has 0 spiro atoms. The minimum atomic E-state index is -0.998. The van der Waals surface area contributed by atoms with Crippen molar-refractivity contribution in [1.82, 2.24) is 15.0 Å². The van der Waals surface area contributed by atoms with Crippen molar-refractivity contribution in [2.45, 2.75) is 6.92 Å². The largest absolute Gasteiger partial charge is 0.478 e. The first-order valence-electron chi connectivity index (χ1n) is 13.6. The van der Waals surface area contributed by atoms with Gasteiger partial charge in [0.2, 0.25) is 5.95 Å². The summed E-state index contributed by atoms with van der Waals surface area (Å²) in [5.41, 5.74) is 4.34. The fourth-order valence-electron chi connectivity index (χ4n) is 4.36. The van der Waals surface area contributed by atoms with Crippen LogP contribution in [0.3, 0.4) is 0 Å². The van der Waals surface area contributed by atoms with Crippen molar-refractivity contribution in [2.75, 3.05) is 16.0 Å². The zero-order valence-electron chi connectivity index (χ0n) is 23.6. The molecule has 6 rings (SSSR count). The number of carbonyl (C=O) groups excluding carboxylic acids is 2. The van der Waals surface area contributed by atoms with Crippen molar-refractivity contribution in [3.8, 4) is 21.0 Å². The van der Waals surface area contributed by atoms with Gasteiger partial charge in [-0.25, -0.2) is 14.8 Å². The summed E-state index contributed by atoms with van der Waals surface area (Å²) in [4.78, 5) is 52.9. The molecule has 0 aliphatic heterocycles. The van der Waals surface area contributed by atoms with Crippen LogP contribution in [0.5, 0.6) is 0 Å². The summed E-state index contributed by atoms with van der Waals surface area (Å²) in [6, 6.07) is 22.8. The third kappa shape index (κ3) is 6.93. The number of rotatable bonds is 9. The Bertz CT molecular complexity index is 2020. The number of hydrogen-bond acceptors (Lipinski definition) is 9. The maximum absolute atomic E-state index is 13.1. The van der Waals surface area contributed by atoms with E-state index < -0.39 is 11.9 Å². The van der Waals surface area contributed by atoms with Crippen LogP contribution in [0.4, 0.5) is 23.0 Å². The van der Waals surface area contributed by atoms with E-state index in [2.05, 4.69) is 30.9 Å². The second-order valence-corrected chi connectivity index (χ2v) is 11.8. The van der Waals surface area contributed by atoms with Crippen molar-refractivity contribution in [1.29, 1.82) is 0 Å². The molecule has 4 aromatic heterocycles. The second kappa shape index (κ2) is 12.9. The number of aromatic nitrogens is 3. The summed E-state index contributed by atoms with van der Waals surface area (Å²) >= 11 is 3.01. The van der Waals surface area contributed by atoms with Crippen LogP contribution < -0.4 is 16.0 Å². The summed E-state index contributed by atoms with van der Waals surface area (Å²) in [6.07, 6.45) is 4.53. The Morgan fingerprint density at radius 3 is 2.40 bits per heavy atom. The predicted octanol–water partition coefficient (Wildman–Crippen LogP) is 7.58. The number of pyridine rings is 1. The number of carboxylic acids is 1. The zero-order valence-corrected chi connectivity index (χ0v) is 25.3. The monoisotopic (exact) mass is 632 g/mol. The fourth-order valence-corrected chi connectivity index (χ4v) is 6.09. The van der Waals surface area contributed by atoms with Crippen molar-refractivity contribution in [3.63, 3.8) is 0 Å². The SMILES string of the molecule is Cc1ccc(NC(=O)c2cncc(NC(=O)c3ccc(-c4cccs4)s3)c2)cc1Nc1nccc(-c2ccc(C(=O)O)cc2)n1. The fraction of sp³-hybridized carbons (Fsp3) is 0.0303. The molecule has 4 heterocycles. The highest BCUT2D eigenvalue weighted by molar-refractivity contribution is 7.22. The molecular formula is C33H24N6O4S2. The quantitative estimate of drug-likeness (QED) is 0.128. The van der Waals surface area contributed by atoms with Gasteiger partial charge in [0.15, 0.2) is 0 Å². The van der Waals surface area contributed by atoms with Crippen molar-refractivity contribution < 1.29 is 19.5 Å². The van der Waals surface area contributed by atoms with Crippen LogP contribution in [0, 0.1) is 6.92 Å². The molecule has 222 valence electrons. The average molecular weight is 633 g/mol. The number of carbonyl (C=O) groups is 3. The molecule has 12 heteroatoms. The molecule has 10 nitrogen and oxygen atoms in total. The molecule has 0 unspecified atom stereocenters. The number of thiophene rings is 2. The molecule has 0 aliphatic rings. The van der Waals surface area contributed by atoms with Crippen LogP contribution in [-0.4, -0.2) is 37.8 Å². The van der Waals surface area contributed by atoms with Crippen LogP contribution in [0.15, 0.2) is 103 Å². The number of benzene rings is 2. The lowest BCUT2D eigenvalue weighted by molar-refractivity contribution is 0.0696.